The molecule has 0 aliphatic heterocycles. The van der Waals surface area contributed by atoms with E-state index in [1.54, 1.807) is 0 Å². The summed E-state index contributed by atoms with van der Waals surface area (Å²) in [5.41, 5.74) is 5.60. The molecule has 2 heterocycles. The molecule has 22 heavy (non-hydrogen) atoms. The van der Waals surface area contributed by atoms with Crippen LogP contribution in [0.3, 0.4) is 0 Å². The summed E-state index contributed by atoms with van der Waals surface area (Å²) in [4.78, 5) is 15.0. The van der Waals surface area contributed by atoms with Gasteiger partial charge in [-0.25, -0.2) is 13.4 Å². The molecule has 0 amide bonds. The van der Waals surface area contributed by atoms with Crippen LogP contribution >= 0.6 is 0 Å². The van der Waals surface area contributed by atoms with E-state index in [0.29, 0.717) is 19.4 Å². The van der Waals surface area contributed by atoms with E-state index in [0.717, 1.165) is 0 Å². The first-order valence-electron chi connectivity index (χ1n) is 6.60. The van der Waals surface area contributed by atoms with Crippen LogP contribution in [0.2, 0.25) is 0 Å². The van der Waals surface area contributed by atoms with E-state index in [1.807, 2.05) is 0 Å². The quantitative estimate of drug-likeness (QED) is 0.577. The second-order valence-electron chi connectivity index (χ2n) is 4.65. The molecule has 0 aliphatic rings. The highest BCUT2D eigenvalue weighted by Crippen LogP contribution is 2.20. The number of carboxylic acids is 1. The fraction of sp³-hybridized carbons (Fsp3) is 0.417. The molecule has 0 spiro atoms. The van der Waals surface area contributed by atoms with Crippen LogP contribution in [0, 0.1) is 0 Å². The summed E-state index contributed by atoms with van der Waals surface area (Å²) in [5, 5.41) is 12.5. The van der Waals surface area contributed by atoms with Crippen LogP contribution in [-0.4, -0.2) is 42.2 Å². The molecule has 2 aromatic heterocycles. The maximum Gasteiger partial charge on any atom is 0.321 e. The minimum atomic E-state index is -4.11. The number of aliphatic carboxylic acids is 1. The number of sulfonamides is 1. The molecule has 0 unspecified atom stereocenters. The fourth-order valence-electron chi connectivity index (χ4n) is 1.95. The largest absolute Gasteiger partial charge is 0.480 e. The molecule has 0 bridgehead atoms. The van der Waals surface area contributed by atoms with Crippen LogP contribution in [-0.2, 0) is 14.8 Å². The second kappa shape index (κ2) is 6.81. The van der Waals surface area contributed by atoms with Crippen molar-refractivity contribution in [3.8, 4) is 0 Å². The zero-order chi connectivity index (χ0) is 16.2. The molecule has 2 rings (SSSR count). The number of carbonyl (C=O) groups is 1. The molecule has 1 atom stereocenters. The van der Waals surface area contributed by atoms with Crippen LogP contribution in [0.4, 0.5) is 0 Å². The zero-order valence-corrected chi connectivity index (χ0v) is 12.4. The Bertz CT molecular complexity index is 758. The van der Waals surface area contributed by atoms with Crippen molar-refractivity contribution in [3.05, 3.63) is 18.5 Å². The van der Waals surface area contributed by atoms with Crippen LogP contribution in [0.5, 0.6) is 0 Å². The maximum absolute atomic E-state index is 12.4. The van der Waals surface area contributed by atoms with Crippen molar-refractivity contribution in [1.82, 2.24) is 14.9 Å². The highest BCUT2D eigenvalue weighted by molar-refractivity contribution is 7.89. The summed E-state index contributed by atoms with van der Waals surface area (Å²) in [6.07, 6.45) is 3.74. The average molecular weight is 328 g/mol. The zero-order valence-electron chi connectivity index (χ0n) is 11.6. The summed E-state index contributed by atoms with van der Waals surface area (Å²) < 4.78 is 31.7. The van der Waals surface area contributed by atoms with E-state index in [2.05, 4.69) is 14.9 Å². The van der Waals surface area contributed by atoms with E-state index in [4.69, 9.17) is 15.4 Å². The van der Waals surface area contributed by atoms with Gasteiger partial charge in [-0.3, -0.25) is 4.79 Å². The number of hydrogen-bond donors (Lipinski definition) is 3. The van der Waals surface area contributed by atoms with E-state index in [1.165, 1.54) is 18.5 Å². The Morgan fingerprint density at radius 1 is 1.45 bits per heavy atom. The molecule has 9 nitrogen and oxygen atoms in total. The Balaban J connectivity index is 2.25. The summed E-state index contributed by atoms with van der Waals surface area (Å²) >= 11 is 0. The molecular formula is C12H16N4O5S. The normalized spacial score (nSPS) is 13.3. The molecule has 0 aliphatic carbocycles. The van der Waals surface area contributed by atoms with E-state index >= 15 is 0 Å². The SMILES string of the molecule is NCCCC[C@H](NS(=O)(=O)c1nccc2oncc12)C(=O)O. The summed E-state index contributed by atoms with van der Waals surface area (Å²) in [7, 11) is -4.11. The predicted octanol–water partition coefficient (Wildman–Crippen LogP) is 0.0833. The van der Waals surface area contributed by atoms with Gasteiger partial charge in [0.1, 0.15) is 6.04 Å². The lowest BCUT2D eigenvalue weighted by Gasteiger charge is -2.14. The Morgan fingerprint density at radius 2 is 2.23 bits per heavy atom. The van der Waals surface area contributed by atoms with Crippen molar-refractivity contribution in [1.29, 1.82) is 0 Å². The molecule has 0 fully saturated rings. The van der Waals surface area contributed by atoms with Gasteiger partial charge in [0.2, 0.25) is 0 Å². The first-order valence-corrected chi connectivity index (χ1v) is 8.08. The van der Waals surface area contributed by atoms with Crippen LogP contribution in [0.1, 0.15) is 19.3 Å². The van der Waals surface area contributed by atoms with Gasteiger partial charge in [-0.2, -0.15) is 4.72 Å². The third kappa shape index (κ3) is 3.59. The number of rotatable bonds is 8. The number of nitrogens with zero attached hydrogens (tertiary/aromatic N) is 2. The van der Waals surface area contributed by atoms with Gasteiger partial charge in [-0.1, -0.05) is 11.6 Å². The molecular weight excluding hydrogens is 312 g/mol. The van der Waals surface area contributed by atoms with Crippen LogP contribution in [0.15, 0.2) is 28.0 Å². The third-order valence-corrected chi connectivity index (χ3v) is 4.47. The van der Waals surface area contributed by atoms with Crippen molar-refractivity contribution in [3.63, 3.8) is 0 Å². The van der Waals surface area contributed by atoms with Gasteiger partial charge in [0.05, 0.1) is 11.6 Å². The van der Waals surface area contributed by atoms with Crippen molar-refractivity contribution in [2.24, 2.45) is 5.73 Å². The Labute approximate surface area is 126 Å². The average Bonchev–Trinajstić information content (AvgIpc) is 2.94. The monoisotopic (exact) mass is 328 g/mol. The fourth-order valence-corrected chi connectivity index (χ4v) is 3.30. The number of pyridine rings is 1. The maximum atomic E-state index is 12.4. The van der Waals surface area contributed by atoms with E-state index < -0.39 is 22.0 Å². The summed E-state index contributed by atoms with van der Waals surface area (Å²) in [5.74, 6) is -1.25. The molecule has 10 heteroatoms. The topological polar surface area (TPSA) is 148 Å². The van der Waals surface area contributed by atoms with Gasteiger partial charge >= 0.3 is 5.97 Å². The molecule has 4 N–H and O–H groups in total. The number of nitrogens with two attached hydrogens (primary N) is 1. The highest BCUT2D eigenvalue weighted by atomic mass is 32.2. The smallest absolute Gasteiger partial charge is 0.321 e. The van der Waals surface area contributed by atoms with Gasteiger partial charge in [-0.05, 0) is 19.4 Å². The summed E-state index contributed by atoms with van der Waals surface area (Å²) in [6.45, 7) is 0.417. The first-order chi connectivity index (χ1) is 10.5. The standard InChI is InChI=1S/C12H16N4O5S/c13-5-2-1-3-9(12(17)18)16-22(19,20)11-8-7-15-21-10(8)4-6-14-11/h4,6-7,9,16H,1-3,5,13H2,(H,17,18)/t9-/m0/s1. The number of nitrogens with one attached hydrogen (secondary N) is 1. The molecule has 2 aromatic rings. The van der Waals surface area contributed by atoms with Gasteiger partial charge in [-0.15, -0.1) is 0 Å². The van der Waals surface area contributed by atoms with Gasteiger partial charge in [0.15, 0.2) is 10.6 Å². The Hall–Kier alpha value is -2.04. The van der Waals surface area contributed by atoms with Crippen molar-refractivity contribution in [2.45, 2.75) is 30.3 Å². The van der Waals surface area contributed by atoms with Crippen LogP contribution in [0.25, 0.3) is 11.0 Å². The van der Waals surface area contributed by atoms with Crippen molar-refractivity contribution in [2.75, 3.05) is 6.54 Å². The highest BCUT2D eigenvalue weighted by Gasteiger charge is 2.28. The second-order valence-corrected chi connectivity index (χ2v) is 6.28. The molecule has 120 valence electrons. The van der Waals surface area contributed by atoms with Gasteiger partial charge < -0.3 is 15.4 Å². The van der Waals surface area contributed by atoms with E-state index in [9.17, 15) is 13.2 Å². The number of unbranched alkanes of at least 4 members (excludes halogenated alkanes) is 1. The van der Waals surface area contributed by atoms with Crippen molar-refractivity contribution >= 4 is 27.0 Å². The number of aromatic nitrogens is 2. The molecule has 0 aromatic carbocycles. The van der Waals surface area contributed by atoms with Gasteiger partial charge in [0, 0.05) is 12.3 Å². The van der Waals surface area contributed by atoms with Crippen LogP contribution < -0.4 is 10.5 Å². The lowest BCUT2D eigenvalue weighted by atomic mass is 10.1. The summed E-state index contributed by atoms with van der Waals surface area (Å²) in [6, 6.07) is 0.227. The number of hydrogen-bond acceptors (Lipinski definition) is 7. The predicted molar refractivity (Wildman–Crippen MR) is 76.5 cm³/mol. The van der Waals surface area contributed by atoms with Crippen molar-refractivity contribution < 1.29 is 22.8 Å². The number of fused-ring (bicyclic) bond motifs is 1. The number of carboxylic acid groups (broad SMARTS) is 1. The third-order valence-electron chi connectivity index (χ3n) is 3.04. The Kier molecular flexibility index (Phi) is 5.06. The lowest BCUT2D eigenvalue weighted by molar-refractivity contribution is -0.139. The molecule has 0 saturated heterocycles. The minimum Gasteiger partial charge on any atom is -0.480 e. The minimum absolute atomic E-state index is 0.144. The first kappa shape index (κ1) is 16.3. The van der Waals surface area contributed by atoms with E-state index in [-0.39, 0.29) is 22.4 Å². The molecule has 0 radical (unpaired) electrons. The Morgan fingerprint density at radius 3 is 2.91 bits per heavy atom. The molecule has 0 saturated carbocycles. The van der Waals surface area contributed by atoms with Gasteiger partial charge in [0.25, 0.3) is 10.0 Å². The lowest BCUT2D eigenvalue weighted by Crippen LogP contribution is -2.41.